The van der Waals surface area contributed by atoms with Gasteiger partial charge in [-0.05, 0) is 31.5 Å². The van der Waals surface area contributed by atoms with Crippen LogP contribution in [0.4, 0.5) is 5.88 Å². The summed E-state index contributed by atoms with van der Waals surface area (Å²) in [6.45, 7) is 6.58. The third-order valence-electron chi connectivity index (χ3n) is 6.44. The maximum absolute atomic E-state index is 13.8. The molecule has 1 amide bonds. The minimum absolute atomic E-state index is 0.0289. The highest BCUT2D eigenvalue weighted by Gasteiger charge is 2.30. The molecule has 1 aromatic heterocycles. The maximum atomic E-state index is 13.8. The Labute approximate surface area is 204 Å². The molecule has 3 aromatic rings. The van der Waals surface area contributed by atoms with Crippen LogP contribution in [0, 0.1) is 0 Å². The summed E-state index contributed by atoms with van der Waals surface area (Å²) >= 11 is 1.95. The molecule has 1 atom stereocenters. The van der Waals surface area contributed by atoms with Crippen molar-refractivity contribution in [1.82, 2.24) is 10.1 Å². The zero-order chi connectivity index (χ0) is 23.5. The summed E-state index contributed by atoms with van der Waals surface area (Å²) in [6.07, 6.45) is 0.831. The summed E-state index contributed by atoms with van der Waals surface area (Å²) in [7, 11) is 0. The van der Waals surface area contributed by atoms with Gasteiger partial charge in [0.05, 0.1) is 12.1 Å². The topological polar surface area (TPSA) is 68.0 Å². The van der Waals surface area contributed by atoms with E-state index in [9.17, 15) is 4.79 Å². The van der Waals surface area contributed by atoms with Crippen LogP contribution in [0.1, 0.15) is 36.2 Å². The molecule has 34 heavy (non-hydrogen) atoms. The highest BCUT2D eigenvalue weighted by Crippen LogP contribution is 2.36. The van der Waals surface area contributed by atoms with Crippen LogP contribution in [-0.2, 0) is 6.54 Å². The van der Waals surface area contributed by atoms with Crippen molar-refractivity contribution < 1.29 is 18.8 Å². The van der Waals surface area contributed by atoms with Crippen LogP contribution in [-0.4, -0.2) is 53.4 Å². The van der Waals surface area contributed by atoms with E-state index in [1.807, 2.05) is 47.0 Å². The zero-order valence-electron chi connectivity index (χ0n) is 19.5. The van der Waals surface area contributed by atoms with Crippen LogP contribution in [0.2, 0.25) is 0 Å². The number of benzene rings is 2. The van der Waals surface area contributed by atoms with Gasteiger partial charge in [-0.15, -0.1) is 0 Å². The fourth-order valence-electron chi connectivity index (χ4n) is 4.29. The summed E-state index contributed by atoms with van der Waals surface area (Å²) in [4.78, 5) is 17.9. The molecule has 0 N–H and O–H groups in total. The molecule has 0 radical (unpaired) electrons. The van der Waals surface area contributed by atoms with Crippen molar-refractivity contribution in [2.75, 3.05) is 36.3 Å². The van der Waals surface area contributed by atoms with Gasteiger partial charge in [0.15, 0.2) is 11.5 Å². The summed E-state index contributed by atoms with van der Waals surface area (Å²) < 4.78 is 16.9. The first-order valence-electron chi connectivity index (χ1n) is 11.7. The van der Waals surface area contributed by atoms with E-state index in [0.717, 1.165) is 53.7 Å². The van der Waals surface area contributed by atoms with Crippen molar-refractivity contribution in [3.05, 3.63) is 59.7 Å². The number of thioether (sulfide) groups is 1. The van der Waals surface area contributed by atoms with Gasteiger partial charge < -0.3 is 23.8 Å². The smallest absolute Gasteiger partial charge is 0.254 e. The number of carbonyl (C=O) groups is 1. The van der Waals surface area contributed by atoms with Crippen molar-refractivity contribution in [2.24, 2.45) is 0 Å². The Bertz CT molecular complexity index is 1140. The normalized spacial score (nSPS) is 15.9. The van der Waals surface area contributed by atoms with Crippen molar-refractivity contribution in [1.29, 1.82) is 0 Å². The first kappa shape index (κ1) is 22.7. The number of rotatable bonds is 7. The van der Waals surface area contributed by atoms with E-state index >= 15 is 0 Å². The number of amides is 1. The second-order valence-electron chi connectivity index (χ2n) is 8.54. The van der Waals surface area contributed by atoms with Crippen LogP contribution in [0.25, 0.3) is 11.3 Å². The van der Waals surface area contributed by atoms with E-state index < -0.39 is 0 Å². The largest absolute Gasteiger partial charge is 0.454 e. The molecule has 7 nitrogen and oxygen atoms in total. The molecule has 1 saturated heterocycles. The fraction of sp³-hybridized carbons (Fsp3) is 0.385. The molecule has 2 aliphatic rings. The van der Waals surface area contributed by atoms with E-state index in [1.54, 1.807) is 18.2 Å². The second-order valence-corrected chi connectivity index (χ2v) is 9.76. The Hall–Kier alpha value is -3.13. The molecule has 178 valence electrons. The van der Waals surface area contributed by atoms with Gasteiger partial charge in [-0.2, -0.15) is 11.8 Å². The highest BCUT2D eigenvalue weighted by atomic mass is 32.2. The first-order valence-corrected chi connectivity index (χ1v) is 12.9. The van der Waals surface area contributed by atoms with Crippen LogP contribution in [0.15, 0.2) is 53.1 Å². The zero-order valence-corrected chi connectivity index (χ0v) is 20.3. The van der Waals surface area contributed by atoms with E-state index in [1.165, 1.54) is 0 Å². The van der Waals surface area contributed by atoms with Crippen molar-refractivity contribution >= 4 is 23.6 Å². The van der Waals surface area contributed by atoms with Gasteiger partial charge in [0.1, 0.15) is 5.69 Å². The van der Waals surface area contributed by atoms with Gasteiger partial charge in [0.2, 0.25) is 12.7 Å². The van der Waals surface area contributed by atoms with Crippen LogP contribution in [0.3, 0.4) is 0 Å². The number of aromatic nitrogens is 1. The highest BCUT2D eigenvalue weighted by molar-refractivity contribution is 7.99. The van der Waals surface area contributed by atoms with Gasteiger partial charge >= 0.3 is 0 Å². The molecule has 0 saturated carbocycles. The molecule has 2 aromatic carbocycles. The minimum atomic E-state index is -0.0481. The molecule has 1 fully saturated rings. The number of fused-ring (bicyclic) bond motifs is 1. The average molecular weight is 480 g/mol. The number of hydrogen-bond acceptors (Lipinski definition) is 7. The first-order chi connectivity index (χ1) is 16.7. The quantitative estimate of drug-likeness (QED) is 0.469. The number of nitrogens with zero attached hydrogens (tertiary/aromatic N) is 3. The number of hydrogen-bond donors (Lipinski definition) is 0. The number of ether oxygens (including phenoxy) is 2. The van der Waals surface area contributed by atoms with E-state index in [0.29, 0.717) is 23.6 Å². The SMILES string of the molecule is CC[C@@H](C)N(Cc1c(-c2ccccc2)noc1N1CCSCC1)C(=O)c1ccc2c(c1)OCO2. The predicted molar refractivity (Wildman–Crippen MR) is 134 cm³/mol. The monoisotopic (exact) mass is 479 g/mol. The molecule has 5 rings (SSSR count). The average Bonchev–Trinajstić information content (AvgIpc) is 3.54. The number of carbonyl (C=O) groups excluding carboxylic acids is 1. The van der Waals surface area contributed by atoms with Gasteiger partial charge in [-0.25, -0.2) is 0 Å². The lowest BCUT2D eigenvalue weighted by Crippen LogP contribution is -2.39. The summed E-state index contributed by atoms with van der Waals surface area (Å²) in [6, 6.07) is 15.4. The van der Waals surface area contributed by atoms with Gasteiger partial charge in [-0.3, -0.25) is 4.79 Å². The Balaban J connectivity index is 1.52. The molecule has 0 spiro atoms. The summed E-state index contributed by atoms with van der Waals surface area (Å²) in [5.41, 5.74) is 3.31. The molecular weight excluding hydrogens is 450 g/mol. The number of anilines is 1. The third kappa shape index (κ3) is 4.46. The summed E-state index contributed by atoms with van der Waals surface area (Å²) in [5, 5.41) is 4.48. The van der Waals surface area contributed by atoms with Crippen molar-refractivity contribution in [3.8, 4) is 22.8 Å². The summed E-state index contributed by atoms with van der Waals surface area (Å²) in [5.74, 6) is 4.09. The maximum Gasteiger partial charge on any atom is 0.254 e. The van der Waals surface area contributed by atoms with Crippen molar-refractivity contribution in [2.45, 2.75) is 32.9 Å². The fourth-order valence-corrected chi connectivity index (χ4v) is 5.20. The molecule has 0 aliphatic carbocycles. The lowest BCUT2D eigenvalue weighted by molar-refractivity contribution is 0.0671. The van der Waals surface area contributed by atoms with E-state index in [4.69, 9.17) is 14.0 Å². The molecule has 2 aliphatic heterocycles. The second kappa shape index (κ2) is 10.0. The third-order valence-corrected chi connectivity index (χ3v) is 7.39. The Kier molecular flexibility index (Phi) is 6.67. The predicted octanol–water partition coefficient (Wildman–Crippen LogP) is 5.06. The van der Waals surface area contributed by atoms with Gasteiger partial charge in [-0.1, -0.05) is 42.4 Å². The minimum Gasteiger partial charge on any atom is -0.454 e. The lowest BCUT2D eigenvalue weighted by atomic mass is 10.0. The van der Waals surface area contributed by atoms with E-state index in [-0.39, 0.29) is 18.7 Å². The van der Waals surface area contributed by atoms with Crippen molar-refractivity contribution in [3.63, 3.8) is 0 Å². The molecule has 3 heterocycles. The van der Waals surface area contributed by atoms with E-state index in [2.05, 4.69) is 23.9 Å². The molecule has 8 heteroatoms. The molecular formula is C26H29N3O4S. The molecule has 0 unspecified atom stereocenters. The Morgan fingerprint density at radius 2 is 1.88 bits per heavy atom. The van der Waals surface area contributed by atoms with Gasteiger partial charge in [0.25, 0.3) is 5.91 Å². The Morgan fingerprint density at radius 1 is 1.12 bits per heavy atom. The van der Waals surface area contributed by atoms with Gasteiger partial charge in [0, 0.05) is 41.8 Å². The van der Waals surface area contributed by atoms with Crippen LogP contribution >= 0.6 is 11.8 Å². The molecule has 0 bridgehead atoms. The van der Waals surface area contributed by atoms with Crippen LogP contribution < -0.4 is 14.4 Å². The van der Waals surface area contributed by atoms with Crippen LogP contribution in [0.5, 0.6) is 11.5 Å². The standard InChI is InChI=1S/C26H29N3O4S/c1-3-18(2)29(25(30)20-9-10-22-23(15-20)32-17-31-22)16-21-24(19-7-5-4-6-8-19)27-33-26(21)28-11-13-34-14-12-28/h4-10,15,18H,3,11-14,16-17H2,1-2H3/t18-/m1/s1. The lowest BCUT2D eigenvalue weighted by Gasteiger charge is -2.31. The Morgan fingerprint density at radius 3 is 2.65 bits per heavy atom.